The van der Waals surface area contributed by atoms with Crippen LogP contribution in [-0.2, 0) is 12.8 Å². The van der Waals surface area contributed by atoms with Gasteiger partial charge in [0.1, 0.15) is 10.7 Å². The average Bonchev–Trinajstić information content (AvgIpc) is 2.35. The summed E-state index contributed by atoms with van der Waals surface area (Å²) in [6.45, 7) is 0. The van der Waals surface area contributed by atoms with Gasteiger partial charge in [0.2, 0.25) is 5.28 Å². The maximum atomic E-state index is 14.3. The van der Waals surface area contributed by atoms with Crippen LogP contribution in [0, 0.1) is 5.82 Å². The van der Waals surface area contributed by atoms with Gasteiger partial charge in [-0.15, -0.1) is 0 Å². The molecule has 0 unspecified atom stereocenters. The van der Waals surface area contributed by atoms with Crippen LogP contribution in [0.1, 0.15) is 24.0 Å². The second kappa shape index (κ2) is 4.58. The number of aromatic nitrogens is 2. The first-order valence-corrected chi connectivity index (χ1v) is 7.16. The minimum absolute atomic E-state index is 0.0333. The van der Waals surface area contributed by atoms with Crippen LogP contribution in [0.5, 0.6) is 0 Å². The van der Waals surface area contributed by atoms with Crippen molar-refractivity contribution in [2.24, 2.45) is 0 Å². The third kappa shape index (κ3) is 1.82. The van der Waals surface area contributed by atoms with Gasteiger partial charge >= 0.3 is 0 Å². The molecule has 94 valence electrons. The summed E-state index contributed by atoms with van der Waals surface area (Å²) < 4.78 is 14.8. The molecular formula is C12H8BrCl2FN2. The van der Waals surface area contributed by atoms with Gasteiger partial charge in [-0.25, -0.2) is 14.4 Å². The number of hydrogen-bond acceptors (Lipinski definition) is 2. The van der Waals surface area contributed by atoms with E-state index in [0.717, 1.165) is 36.8 Å². The highest BCUT2D eigenvalue weighted by Crippen LogP contribution is 2.39. The maximum absolute atomic E-state index is 14.3. The van der Waals surface area contributed by atoms with Gasteiger partial charge in [-0.1, -0.05) is 11.6 Å². The highest BCUT2D eigenvalue weighted by molar-refractivity contribution is 9.10. The fraction of sp³-hybridized carbons (Fsp3) is 0.333. The van der Waals surface area contributed by atoms with Crippen molar-refractivity contribution in [2.45, 2.75) is 25.7 Å². The maximum Gasteiger partial charge on any atom is 0.224 e. The second-order valence-corrected chi connectivity index (χ2v) is 5.79. The molecule has 0 fully saturated rings. The molecule has 18 heavy (non-hydrogen) atoms. The van der Waals surface area contributed by atoms with Crippen LogP contribution in [0.25, 0.3) is 10.9 Å². The Kier molecular flexibility index (Phi) is 3.20. The SMILES string of the molecule is Fc1c(Br)c2c(c3c(Cl)nc(Cl)nc13)CCCC2. The molecule has 3 rings (SSSR count). The van der Waals surface area contributed by atoms with Crippen molar-refractivity contribution in [3.05, 3.63) is 31.9 Å². The molecule has 2 aromatic rings. The van der Waals surface area contributed by atoms with E-state index in [1.165, 1.54) is 0 Å². The van der Waals surface area contributed by atoms with E-state index in [-0.39, 0.29) is 16.0 Å². The Morgan fingerprint density at radius 2 is 1.72 bits per heavy atom. The lowest BCUT2D eigenvalue weighted by Gasteiger charge is -2.20. The van der Waals surface area contributed by atoms with Gasteiger partial charge in [-0.3, -0.25) is 0 Å². The molecule has 1 aromatic carbocycles. The third-order valence-corrected chi connectivity index (χ3v) is 4.54. The lowest BCUT2D eigenvalue weighted by molar-refractivity contribution is 0.616. The molecule has 0 saturated carbocycles. The van der Waals surface area contributed by atoms with Crippen molar-refractivity contribution >= 4 is 50.0 Å². The van der Waals surface area contributed by atoms with E-state index in [2.05, 4.69) is 25.9 Å². The van der Waals surface area contributed by atoms with Gasteiger partial charge in [-0.2, -0.15) is 0 Å². The van der Waals surface area contributed by atoms with Crippen molar-refractivity contribution in [2.75, 3.05) is 0 Å². The minimum atomic E-state index is -0.406. The molecule has 0 atom stereocenters. The van der Waals surface area contributed by atoms with Crippen molar-refractivity contribution in [1.29, 1.82) is 0 Å². The molecule has 1 aliphatic rings. The van der Waals surface area contributed by atoms with E-state index in [1.807, 2.05) is 0 Å². The number of nitrogens with zero attached hydrogens (tertiary/aromatic N) is 2. The van der Waals surface area contributed by atoms with Crippen LogP contribution in [0.4, 0.5) is 4.39 Å². The van der Waals surface area contributed by atoms with Crippen molar-refractivity contribution in [3.63, 3.8) is 0 Å². The largest absolute Gasteiger partial charge is 0.224 e. The molecule has 6 heteroatoms. The summed E-state index contributed by atoms with van der Waals surface area (Å²) in [6.07, 6.45) is 3.85. The van der Waals surface area contributed by atoms with Crippen LogP contribution in [0.15, 0.2) is 4.47 Å². The number of halogens is 4. The molecule has 0 saturated heterocycles. The quantitative estimate of drug-likeness (QED) is 0.508. The summed E-state index contributed by atoms with van der Waals surface area (Å²) in [5, 5.41) is 0.806. The zero-order valence-corrected chi connectivity index (χ0v) is 12.3. The van der Waals surface area contributed by atoms with Crippen molar-refractivity contribution in [3.8, 4) is 0 Å². The molecule has 0 spiro atoms. The van der Waals surface area contributed by atoms with Gasteiger partial charge in [0, 0.05) is 5.39 Å². The standard InChI is InChI=1S/C12H8BrCl2FN2/c13-8-6-4-2-1-3-5(6)7-10(9(8)16)17-12(15)18-11(7)14/h1-4H2. The number of rotatable bonds is 0. The summed E-state index contributed by atoms with van der Waals surface area (Å²) in [6, 6.07) is 0. The molecule has 2 nitrogen and oxygen atoms in total. The minimum Gasteiger partial charge on any atom is -0.215 e. The Bertz CT molecular complexity index is 661. The Hall–Kier alpha value is -0.450. The molecule has 1 heterocycles. The van der Waals surface area contributed by atoms with E-state index in [0.29, 0.717) is 9.86 Å². The van der Waals surface area contributed by atoms with E-state index < -0.39 is 5.82 Å². The highest BCUT2D eigenvalue weighted by Gasteiger charge is 2.23. The first kappa shape index (κ1) is 12.6. The third-order valence-electron chi connectivity index (χ3n) is 3.27. The van der Waals surface area contributed by atoms with Crippen molar-refractivity contribution < 1.29 is 4.39 Å². The predicted molar refractivity (Wildman–Crippen MR) is 73.9 cm³/mol. The number of fused-ring (bicyclic) bond motifs is 3. The first-order chi connectivity index (χ1) is 8.59. The average molecular weight is 350 g/mol. The van der Waals surface area contributed by atoms with E-state index >= 15 is 0 Å². The summed E-state index contributed by atoms with van der Waals surface area (Å²) in [5.74, 6) is -0.406. The van der Waals surface area contributed by atoms with Gasteiger partial charge in [0.25, 0.3) is 0 Å². The Morgan fingerprint density at radius 3 is 2.44 bits per heavy atom. The monoisotopic (exact) mass is 348 g/mol. The second-order valence-electron chi connectivity index (χ2n) is 4.30. The van der Waals surface area contributed by atoms with E-state index in [9.17, 15) is 4.39 Å². The molecule has 0 bridgehead atoms. The number of aryl methyl sites for hydroxylation is 1. The number of benzene rings is 1. The smallest absolute Gasteiger partial charge is 0.215 e. The van der Waals surface area contributed by atoms with Crippen LogP contribution in [-0.4, -0.2) is 9.97 Å². The van der Waals surface area contributed by atoms with E-state index in [1.54, 1.807) is 0 Å². The van der Waals surface area contributed by atoms with Crippen LogP contribution in [0.3, 0.4) is 0 Å². The molecule has 0 aliphatic heterocycles. The summed E-state index contributed by atoms with van der Waals surface area (Å²) in [5.41, 5.74) is 2.23. The number of hydrogen-bond donors (Lipinski definition) is 0. The summed E-state index contributed by atoms with van der Waals surface area (Å²) in [7, 11) is 0. The first-order valence-electron chi connectivity index (χ1n) is 5.61. The lowest BCUT2D eigenvalue weighted by Crippen LogP contribution is -2.08. The zero-order valence-electron chi connectivity index (χ0n) is 9.23. The van der Waals surface area contributed by atoms with Crippen LogP contribution in [0.2, 0.25) is 10.4 Å². The molecular weight excluding hydrogens is 342 g/mol. The zero-order chi connectivity index (χ0) is 12.9. The highest BCUT2D eigenvalue weighted by atomic mass is 79.9. The normalized spacial score (nSPS) is 14.9. The molecule has 0 radical (unpaired) electrons. The molecule has 0 N–H and O–H groups in total. The topological polar surface area (TPSA) is 25.8 Å². The molecule has 1 aromatic heterocycles. The Labute approximate surface area is 122 Å². The van der Waals surface area contributed by atoms with Gasteiger partial charge in [0.05, 0.1) is 4.47 Å². The van der Waals surface area contributed by atoms with Gasteiger partial charge < -0.3 is 0 Å². The van der Waals surface area contributed by atoms with Gasteiger partial charge in [0.15, 0.2) is 5.82 Å². The summed E-state index contributed by atoms with van der Waals surface area (Å²) in [4.78, 5) is 7.89. The fourth-order valence-corrected chi connectivity index (χ4v) is 3.62. The fourth-order valence-electron chi connectivity index (χ4n) is 2.49. The lowest BCUT2D eigenvalue weighted by atomic mass is 9.89. The van der Waals surface area contributed by atoms with Crippen molar-refractivity contribution in [1.82, 2.24) is 9.97 Å². The van der Waals surface area contributed by atoms with Crippen LogP contribution < -0.4 is 0 Å². The van der Waals surface area contributed by atoms with Crippen LogP contribution >= 0.6 is 39.1 Å². The Morgan fingerprint density at radius 1 is 1.06 bits per heavy atom. The van der Waals surface area contributed by atoms with E-state index in [4.69, 9.17) is 23.2 Å². The summed E-state index contributed by atoms with van der Waals surface area (Å²) >= 11 is 15.2. The predicted octanol–water partition coefficient (Wildman–Crippen LogP) is 4.72. The van der Waals surface area contributed by atoms with Gasteiger partial charge in [-0.05, 0) is 64.3 Å². The molecule has 1 aliphatic carbocycles. The Balaban J connectivity index is 2.50. The molecule has 0 amide bonds.